The second kappa shape index (κ2) is 6.23. The Morgan fingerprint density at radius 1 is 1.29 bits per heavy atom. The molecule has 1 atom stereocenters. The Labute approximate surface area is 130 Å². The summed E-state index contributed by atoms with van der Waals surface area (Å²) >= 11 is 2.03. The van der Waals surface area contributed by atoms with Gasteiger partial charge in [-0.25, -0.2) is 0 Å². The third kappa shape index (κ3) is 3.32. The van der Waals surface area contributed by atoms with Gasteiger partial charge in [0.1, 0.15) is 0 Å². The molecule has 1 aliphatic heterocycles. The molecule has 0 bridgehead atoms. The van der Waals surface area contributed by atoms with Crippen molar-refractivity contribution in [3.05, 3.63) is 35.9 Å². The number of thioether (sulfide) groups is 1. The van der Waals surface area contributed by atoms with Crippen molar-refractivity contribution in [2.24, 2.45) is 7.05 Å². The summed E-state index contributed by atoms with van der Waals surface area (Å²) in [6.45, 7) is 6.41. The van der Waals surface area contributed by atoms with Crippen molar-refractivity contribution >= 4 is 11.8 Å². The maximum Gasteiger partial charge on any atom is 0.0537 e. The van der Waals surface area contributed by atoms with Gasteiger partial charge in [-0.3, -0.25) is 14.3 Å². The van der Waals surface area contributed by atoms with Crippen LogP contribution in [0.5, 0.6) is 0 Å². The van der Waals surface area contributed by atoms with Crippen molar-refractivity contribution in [1.29, 1.82) is 0 Å². The molecule has 1 aliphatic rings. The lowest BCUT2D eigenvalue weighted by Crippen LogP contribution is -2.35. The molecule has 0 aliphatic carbocycles. The van der Waals surface area contributed by atoms with Crippen molar-refractivity contribution in [3.8, 4) is 0 Å². The molecule has 0 amide bonds. The van der Waals surface area contributed by atoms with Crippen LogP contribution >= 0.6 is 11.8 Å². The Balaban J connectivity index is 1.74. The van der Waals surface area contributed by atoms with Crippen LogP contribution in [0.15, 0.2) is 24.8 Å². The average molecular weight is 305 g/mol. The van der Waals surface area contributed by atoms with E-state index in [-0.39, 0.29) is 0 Å². The Bertz CT molecular complexity index is 588. The van der Waals surface area contributed by atoms with E-state index in [0.717, 1.165) is 18.8 Å². The molecule has 2 aromatic heterocycles. The van der Waals surface area contributed by atoms with Crippen LogP contribution in [0.4, 0.5) is 0 Å². The van der Waals surface area contributed by atoms with Crippen LogP contribution in [0.1, 0.15) is 37.1 Å². The number of rotatable bonds is 4. The minimum Gasteiger partial charge on any atom is -0.290 e. The molecular formula is C15H23N5S. The molecule has 1 saturated heterocycles. The summed E-state index contributed by atoms with van der Waals surface area (Å²) in [4.78, 5) is 2.55. The Kier molecular flexibility index (Phi) is 4.35. The summed E-state index contributed by atoms with van der Waals surface area (Å²) < 4.78 is 3.93. The molecule has 5 nitrogen and oxygen atoms in total. The van der Waals surface area contributed by atoms with Crippen molar-refractivity contribution < 1.29 is 0 Å². The first kappa shape index (κ1) is 14.7. The lowest BCUT2D eigenvalue weighted by atomic mass is 10.1. The van der Waals surface area contributed by atoms with E-state index < -0.39 is 0 Å². The van der Waals surface area contributed by atoms with E-state index in [1.165, 1.54) is 16.9 Å². The van der Waals surface area contributed by atoms with Crippen molar-refractivity contribution in [2.45, 2.75) is 32.5 Å². The molecule has 0 saturated carbocycles. The summed E-state index contributed by atoms with van der Waals surface area (Å²) in [5, 5.41) is 8.78. The zero-order valence-corrected chi connectivity index (χ0v) is 13.8. The quantitative estimate of drug-likeness (QED) is 0.870. The third-order valence-corrected chi connectivity index (χ3v) is 4.94. The highest BCUT2D eigenvalue weighted by Crippen LogP contribution is 2.30. The standard InChI is InChI=1S/C15H23N5S/c1-12(2)20-9-13(6-17-20)8-19-4-5-21-11-15(19)14-7-16-18(3)10-14/h6-7,9-10,12,15H,4-5,8,11H2,1-3H3. The number of aryl methyl sites for hydroxylation is 1. The number of nitrogens with zero attached hydrogens (tertiary/aromatic N) is 5. The summed E-state index contributed by atoms with van der Waals surface area (Å²) in [5.41, 5.74) is 2.62. The molecule has 0 N–H and O–H groups in total. The van der Waals surface area contributed by atoms with Crippen LogP contribution < -0.4 is 0 Å². The maximum absolute atomic E-state index is 4.45. The fraction of sp³-hybridized carbons (Fsp3) is 0.600. The lowest BCUT2D eigenvalue weighted by molar-refractivity contribution is 0.212. The molecule has 1 fully saturated rings. The van der Waals surface area contributed by atoms with Crippen molar-refractivity contribution in [1.82, 2.24) is 24.5 Å². The summed E-state index contributed by atoms with van der Waals surface area (Å²) in [6.07, 6.45) is 8.32. The van der Waals surface area contributed by atoms with Crippen molar-refractivity contribution in [2.75, 3.05) is 18.1 Å². The monoisotopic (exact) mass is 305 g/mol. The predicted octanol–water partition coefficient (Wildman–Crippen LogP) is 2.49. The summed E-state index contributed by atoms with van der Waals surface area (Å²) in [5.74, 6) is 2.35. The Hall–Kier alpha value is -1.27. The zero-order chi connectivity index (χ0) is 14.8. The molecule has 0 aromatic carbocycles. The molecule has 2 aromatic rings. The highest BCUT2D eigenvalue weighted by Gasteiger charge is 2.25. The first-order chi connectivity index (χ1) is 10.1. The minimum absolute atomic E-state index is 0.421. The van der Waals surface area contributed by atoms with E-state index in [2.05, 4.69) is 41.3 Å². The molecule has 1 unspecified atom stereocenters. The van der Waals surface area contributed by atoms with Gasteiger partial charge in [-0.15, -0.1) is 0 Å². The van der Waals surface area contributed by atoms with Crippen LogP contribution in [-0.4, -0.2) is 42.5 Å². The van der Waals surface area contributed by atoms with Gasteiger partial charge in [-0.1, -0.05) is 0 Å². The predicted molar refractivity (Wildman–Crippen MR) is 86.3 cm³/mol. The van der Waals surface area contributed by atoms with Gasteiger partial charge in [0, 0.05) is 67.2 Å². The lowest BCUT2D eigenvalue weighted by Gasteiger charge is -2.34. The number of aromatic nitrogens is 4. The van der Waals surface area contributed by atoms with E-state index in [9.17, 15) is 0 Å². The van der Waals surface area contributed by atoms with Crippen LogP contribution in [-0.2, 0) is 13.6 Å². The van der Waals surface area contributed by atoms with Crippen LogP contribution in [0.2, 0.25) is 0 Å². The first-order valence-corrected chi connectivity index (χ1v) is 8.62. The van der Waals surface area contributed by atoms with E-state index >= 15 is 0 Å². The third-order valence-electron chi connectivity index (χ3n) is 3.92. The average Bonchev–Trinajstić information content (AvgIpc) is 3.09. The Morgan fingerprint density at radius 2 is 2.14 bits per heavy atom. The highest BCUT2D eigenvalue weighted by atomic mass is 32.2. The van der Waals surface area contributed by atoms with E-state index in [1.807, 2.05) is 40.6 Å². The fourth-order valence-corrected chi connectivity index (χ4v) is 3.88. The molecule has 3 heterocycles. The normalized spacial score (nSPS) is 20.3. The SMILES string of the molecule is CC(C)n1cc(CN2CCSCC2c2cnn(C)c2)cn1. The molecule has 114 valence electrons. The summed E-state index contributed by atoms with van der Waals surface area (Å²) in [6, 6.07) is 0.879. The Morgan fingerprint density at radius 3 is 2.81 bits per heavy atom. The van der Waals surface area contributed by atoms with Gasteiger partial charge in [0.05, 0.1) is 12.4 Å². The molecule has 0 radical (unpaired) electrons. The second-order valence-electron chi connectivity index (χ2n) is 5.93. The minimum atomic E-state index is 0.421. The fourth-order valence-electron chi connectivity index (χ4n) is 2.72. The van der Waals surface area contributed by atoms with Crippen LogP contribution in [0.3, 0.4) is 0 Å². The number of hydrogen-bond donors (Lipinski definition) is 0. The van der Waals surface area contributed by atoms with Crippen LogP contribution in [0.25, 0.3) is 0 Å². The molecule has 0 spiro atoms. The second-order valence-corrected chi connectivity index (χ2v) is 7.08. The largest absolute Gasteiger partial charge is 0.290 e. The topological polar surface area (TPSA) is 38.9 Å². The van der Waals surface area contributed by atoms with Gasteiger partial charge in [0.15, 0.2) is 0 Å². The molecular weight excluding hydrogens is 282 g/mol. The van der Waals surface area contributed by atoms with E-state index in [4.69, 9.17) is 0 Å². The van der Waals surface area contributed by atoms with E-state index in [0.29, 0.717) is 12.1 Å². The number of hydrogen-bond acceptors (Lipinski definition) is 4. The van der Waals surface area contributed by atoms with Gasteiger partial charge in [0.2, 0.25) is 0 Å². The maximum atomic E-state index is 4.45. The van der Waals surface area contributed by atoms with Gasteiger partial charge in [-0.2, -0.15) is 22.0 Å². The van der Waals surface area contributed by atoms with Gasteiger partial charge in [-0.05, 0) is 13.8 Å². The van der Waals surface area contributed by atoms with Crippen molar-refractivity contribution in [3.63, 3.8) is 0 Å². The zero-order valence-electron chi connectivity index (χ0n) is 12.9. The highest BCUT2D eigenvalue weighted by molar-refractivity contribution is 7.99. The van der Waals surface area contributed by atoms with Gasteiger partial charge < -0.3 is 0 Å². The first-order valence-electron chi connectivity index (χ1n) is 7.47. The molecule has 21 heavy (non-hydrogen) atoms. The van der Waals surface area contributed by atoms with Gasteiger partial charge in [0.25, 0.3) is 0 Å². The molecule has 6 heteroatoms. The summed E-state index contributed by atoms with van der Waals surface area (Å²) in [7, 11) is 1.98. The van der Waals surface area contributed by atoms with E-state index in [1.54, 1.807) is 0 Å². The van der Waals surface area contributed by atoms with Crippen LogP contribution in [0, 0.1) is 0 Å². The van der Waals surface area contributed by atoms with Gasteiger partial charge >= 0.3 is 0 Å². The molecule has 3 rings (SSSR count). The smallest absolute Gasteiger partial charge is 0.0537 e.